The molecule has 128 valence electrons. The summed E-state index contributed by atoms with van der Waals surface area (Å²) >= 11 is 5.09. The Morgan fingerprint density at radius 2 is 1.96 bits per heavy atom. The van der Waals surface area contributed by atoms with Gasteiger partial charge in [-0.2, -0.15) is 0 Å². The van der Waals surface area contributed by atoms with Crippen molar-refractivity contribution in [3.63, 3.8) is 0 Å². The third kappa shape index (κ3) is 7.80. The van der Waals surface area contributed by atoms with Crippen molar-refractivity contribution in [2.45, 2.75) is 26.8 Å². The Balaban J connectivity index is 2.48. The molecule has 1 atom stereocenters. The normalized spacial score (nSPS) is 11.7. The van der Waals surface area contributed by atoms with Crippen molar-refractivity contribution in [3.05, 3.63) is 29.8 Å². The molecule has 0 saturated heterocycles. The van der Waals surface area contributed by atoms with Crippen molar-refractivity contribution in [2.24, 2.45) is 5.92 Å². The van der Waals surface area contributed by atoms with E-state index < -0.39 is 0 Å². The molecule has 6 nitrogen and oxygen atoms in total. The predicted molar refractivity (Wildman–Crippen MR) is 94.4 cm³/mol. The molecule has 1 aromatic rings. The van der Waals surface area contributed by atoms with Crippen molar-refractivity contribution < 1.29 is 14.3 Å². The van der Waals surface area contributed by atoms with E-state index in [-0.39, 0.29) is 11.9 Å². The van der Waals surface area contributed by atoms with Gasteiger partial charge in [-0.3, -0.25) is 15.6 Å². The Labute approximate surface area is 142 Å². The van der Waals surface area contributed by atoms with Gasteiger partial charge in [0, 0.05) is 18.7 Å². The molecule has 0 aliphatic heterocycles. The van der Waals surface area contributed by atoms with Crippen LogP contribution in [0.3, 0.4) is 0 Å². The zero-order valence-corrected chi connectivity index (χ0v) is 14.8. The van der Waals surface area contributed by atoms with E-state index in [2.05, 4.69) is 30.0 Å². The molecule has 0 spiro atoms. The Bertz CT molecular complexity index is 523. The van der Waals surface area contributed by atoms with Gasteiger partial charge in [0.1, 0.15) is 5.75 Å². The predicted octanol–water partition coefficient (Wildman–Crippen LogP) is 1.87. The number of hydrogen-bond acceptors (Lipinski definition) is 4. The Morgan fingerprint density at radius 1 is 1.22 bits per heavy atom. The highest BCUT2D eigenvalue weighted by molar-refractivity contribution is 7.80. The van der Waals surface area contributed by atoms with Crippen molar-refractivity contribution >= 4 is 23.2 Å². The molecule has 7 heteroatoms. The highest BCUT2D eigenvalue weighted by Crippen LogP contribution is 2.14. The van der Waals surface area contributed by atoms with Crippen LogP contribution in [0.15, 0.2) is 24.3 Å². The van der Waals surface area contributed by atoms with E-state index in [1.54, 1.807) is 25.3 Å². The van der Waals surface area contributed by atoms with Crippen LogP contribution in [0, 0.1) is 5.92 Å². The van der Waals surface area contributed by atoms with Crippen LogP contribution in [-0.2, 0) is 4.74 Å². The lowest BCUT2D eigenvalue weighted by atomic mass is 10.2. The number of hydrogen-bond donors (Lipinski definition) is 3. The van der Waals surface area contributed by atoms with Gasteiger partial charge in [0.25, 0.3) is 5.91 Å². The third-order valence-corrected chi connectivity index (χ3v) is 2.98. The summed E-state index contributed by atoms with van der Waals surface area (Å²) in [5, 5.41) is 3.32. The van der Waals surface area contributed by atoms with Crippen LogP contribution in [0.4, 0.5) is 0 Å². The molecule has 0 bridgehead atoms. The smallest absolute Gasteiger partial charge is 0.269 e. The summed E-state index contributed by atoms with van der Waals surface area (Å²) in [5.74, 6) is 0.802. The van der Waals surface area contributed by atoms with E-state index in [0.29, 0.717) is 35.6 Å². The van der Waals surface area contributed by atoms with Crippen LogP contribution in [0.5, 0.6) is 5.75 Å². The van der Waals surface area contributed by atoms with Gasteiger partial charge in [0.05, 0.1) is 13.2 Å². The molecule has 0 aromatic heterocycles. The molecular formula is C16H25N3O3S. The summed E-state index contributed by atoms with van der Waals surface area (Å²) in [6.45, 7) is 7.19. The number of amides is 1. The molecule has 0 radical (unpaired) electrons. The van der Waals surface area contributed by atoms with Crippen LogP contribution in [0.25, 0.3) is 0 Å². The topological polar surface area (TPSA) is 71.6 Å². The average molecular weight is 339 g/mol. The van der Waals surface area contributed by atoms with Crippen LogP contribution in [0.2, 0.25) is 0 Å². The number of ether oxygens (including phenoxy) is 2. The lowest BCUT2D eigenvalue weighted by Crippen LogP contribution is -2.49. The molecule has 1 aromatic carbocycles. The van der Waals surface area contributed by atoms with E-state index in [9.17, 15) is 4.79 Å². The van der Waals surface area contributed by atoms with Gasteiger partial charge in [0.2, 0.25) is 0 Å². The lowest BCUT2D eigenvalue weighted by molar-refractivity contribution is 0.0943. The number of carbonyl (C=O) groups excluding carboxylic acids is 1. The first-order chi connectivity index (χ1) is 10.9. The maximum Gasteiger partial charge on any atom is 0.269 e. The van der Waals surface area contributed by atoms with Crippen molar-refractivity contribution in [1.82, 2.24) is 16.2 Å². The number of carbonyl (C=O) groups is 1. The van der Waals surface area contributed by atoms with Gasteiger partial charge in [-0.25, -0.2) is 0 Å². The minimum atomic E-state index is -0.288. The average Bonchev–Trinajstić information content (AvgIpc) is 2.51. The first kappa shape index (κ1) is 19.2. The molecule has 1 amide bonds. The molecule has 3 N–H and O–H groups in total. The Morgan fingerprint density at radius 3 is 2.61 bits per heavy atom. The molecule has 23 heavy (non-hydrogen) atoms. The van der Waals surface area contributed by atoms with Crippen LogP contribution in [0.1, 0.15) is 31.1 Å². The second kappa shape index (κ2) is 10.0. The summed E-state index contributed by atoms with van der Waals surface area (Å²) in [5.41, 5.74) is 5.71. The summed E-state index contributed by atoms with van der Waals surface area (Å²) in [4.78, 5) is 12.1. The fraction of sp³-hybridized carbons (Fsp3) is 0.500. The number of methoxy groups -OCH3 is 1. The first-order valence-corrected chi connectivity index (χ1v) is 7.91. The number of thiocarbonyl (C=S) groups is 1. The molecule has 1 rings (SSSR count). The number of nitrogens with one attached hydrogen (secondary N) is 3. The molecule has 0 heterocycles. The highest BCUT2D eigenvalue weighted by atomic mass is 32.1. The highest BCUT2D eigenvalue weighted by Gasteiger charge is 2.08. The van der Waals surface area contributed by atoms with E-state index >= 15 is 0 Å². The monoisotopic (exact) mass is 339 g/mol. The maximum atomic E-state index is 12.1. The minimum absolute atomic E-state index is 0.0460. The fourth-order valence-electron chi connectivity index (χ4n) is 1.73. The summed E-state index contributed by atoms with van der Waals surface area (Å²) in [6, 6.07) is 7.06. The van der Waals surface area contributed by atoms with E-state index in [0.717, 1.165) is 0 Å². The van der Waals surface area contributed by atoms with Gasteiger partial charge >= 0.3 is 0 Å². The Hall–Kier alpha value is -1.86. The second-order valence-electron chi connectivity index (χ2n) is 5.64. The van der Waals surface area contributed by atoms with E-state index in [1.807, 2.05) is 13.0 Å². The van der Waals surface area contributed by atoms with Crippen LogP contribution in [-0.4, -0.2) is 37.4 Å². The number of rotatable bonds is 7. The first-order valence-electron chi connectivity index (χ1n) is 7.51. The summed E-state index contributed by atoms with van der Waals surface area (Å²) in [6.07, 6.45) is 0. The van der Waals surface area contributed by atoms with Gasteiger partial charge in [-0.05, 0) is 43.3 Å². The third-order valence-electron chi connectivity index (χ3n) is 2.76. The second-order valence-corrected chi connectivity index (χ2v) is 6.05. The van der Waals surface area contributed by atoms with Gasteiger partial charge in [0.15, 0.2) is 5.11 Å². The molecule has 0 saturated carbocycles. The standard InChI is InChI=1S/C16H25N3O3S/c1-11(2)9-22-14-7-5-6-13(8-14)15(20)18-19-16(23)17-12(3)10-21-4/h5-8,11-12H,9-10H2,1-4H3,(H,18,20)(H2,17,19,23)/t12-/m1/s1. The van der Waals surface area contributed by atoms with Gasteiger partial charge in [-0.15, -0.1) is 0 Å². The largest absolute Gasteiger partial charge is 0.493 e. The van der Waals surface area contributed by atoms with Crippen molar-refractivity contribution in [1.29, 1.82) is 0 Å². The molecule has 0 unspecified atom stereocenters. The lowest BCUT2D eigenvalue weighted by Gasteiger charge is -2.16. The van der Waals surface area contributed by atoms with E-state index in [1.165, 1.54) is 0 Å². The van der Waals surface area contributed by atoms with Crippen molar-refractivity contribution in [2.75, 3.05) is 20.3 Å². The Kier molecular flexibility index (Phi) is 8.36. The summed E-state index contributed by atoms with van der Waals surface area (Å²) < 4.78 is 10.6. The summed E-state index contributed by atoms with van der Waals surface area (Å²) in [7, 11) is 1.62. The minimum Gasteiger partial charge on any atom is -0.493 e. The quantitative estimate of drug-likeness (QED) is 0.520. The number of benzene rings is 1. The van der Waals surface area contributed by atoms with Gasteiger partial charge in [-0.1, -0.05) is 19.9 Å². The van der Waals surface area contributed by atoms with Crippen LogP contribution < -0.4 is 20.9 Å². The molecular weight excluding hydrogens is 314 g/mol. The van der Waals surface area contributed by atoms with E-state index in [4.69, 9.17) is 21.7 Å². The molecule has 0 fully saturated rings. The molecule has 0 aliphatic carbocycles. The van der Waals surface area contributed by atoms with Gasteiger partial charge < -0.3 is 14.8 Å². The zero-order chi connectivity index (χ0) is 17.2. The maximum absolute atomic E-state index is 12.1. The zero-order valence-electron chi connectivity index (χ0n) is 14.0. The SMILES string of the molecule is COC[C@@H](C)NC(=S)NNC(=O)c1cccc(OCC(C)C)c1. The molecule has 0 aliphatic rings. The fourth-order valence-corrected chi connectivity index (χ4v) is 1.98. The van der Waals surface area contributed by atoms with Crippen LogP contribution >= 0.6 is 12.2 Å². The number of hydrazine groups is 1. The van der Waals surface area contributed by atoms with Crippen molar-refractivity contribution in [3.8, 4) is 5.75 Å².